The van der Waals surface area contributed by atoms with E-state index < -0.39 is 10.0 Å². The summed E-state index contributed by atoms with van der Waals surface area (Å²) in [5.74, 6) is 0.472. The van der Waals surface area contributed by atoms with Crippen molar-refractivity contribution in [2.24, 2.45) is 0 Å². The van der Waals surface area contributed by atoms with Gasteiger partial charge in [0.2, 0.25) is 10.0 Å². The van der Waals surface area contributed by atoms with Crippen LogP contribution in [0.4, 0.5) is 0 Å². The van der Waals surface area contributed by atoms with Crippen molar-refractivity contribution in [1.82, 2.24) is 19.6 Å². The number of imidazole rings is 1. The summed E-state index contributed by atoms with van der Waals surface area (Å²) in [6, 6.07) is 13.5. The Bertz CT molecular complexity index is 977. The van der Waals surface area contributed by atoms with E-state index in [0.717, 1.165) is 11.0 Å². The smallest absolute Gasteiger partial charge is 0.254 e. The summed E-state index contributed by atoms with van der Waals surface area (Å²) in [4.78, 5) is 21.8. The first kappa shape index (κ1) is 17.1. The number of nitrogens with zero attached hydrogens (tertiary/aromatic N) is 2. The number of carbonyl (C=O) groups excluding carboxylic acids is 1. The lowest BCUT2D eigenvalue weighted by molar-refractivity contribution is 0.0782. The van der Waals surface area contributed by atoms with Gasteiger partial charge in [-0.1, -0.05) is 12.1 Å². The van der Waals surface area contributed by atoms with Crippen LogP contribution < -0.4 is 4.72 Å². The molecule has 1 heterocycles. The lowest BCUT2D eigenvalue weighted by Crippen LogP contribution is -2.27. The molecule has 2 N–H and O–H groups in total. The van der Waals surface area contributed by atoms with Gasteiger partial charge in [0, 0.05) is 12.6 Å². The molecule has 0 fully saturated rings. The van der Waals surface area contributed by atoms with E-state index in [2.05, 4.69) is 14.7 Å². The third-order valence-corrected chi connectivity index (χ3v) is 5.28. The maximum Gasteiger partial charge on any atom is 0.254 e. The van der Waals surface area contributed by atoms with Gasteiger partial charge in [-0.05, 0) is 43.4 Å². The van der Waals surface area contributed by atoms with Crippen molar-refractivity contribution in [2.75, 3.05) is 14.1 Å². The number of fused-ring (bicyclic) bond motifs is 1. The monoisotopic (exact) mass is 358 g/mol. The van der Waals surface area contributed by atoms with Crippen molar-refractivity contribution in [3.8, 4) is 0 Å². The van der Waals surface area contributed by atoms with Crippen molar-refractivity contribution in [1.29, 1.82) is 0 Å². The van der Waals surface area contributed by atoms with Crippen LogP contribution in [0.25, 0.3) is 11.0 Å². The van der Waals surface area contributed by atoms with Crippen molar-refractivity contribution in [3.05, 3.63) is 59.9 Å². The summed E-state index contributed by atoms with van der Waals surface area (Å²) < 4.78 is 25.7. The SMILES string of the molecule is CNS(=O)(=O)c1ccc(C(=O)N(C)Cc2nc3ccccc3[nH]2)cc1. The molecule has 0 saturated carbocycles. The number of amides is 1. The fraction of sp³-hybridized carbons (Fsp3) is 0.176. The zero-order chi connectivity index (χ0) is 18.0. The van der Waals surface area contributed by atoms with Crippen LogP contribution in [0.15, 0.2) is 53.4 Å². The van der Waals surface area contributed by atoms with E-state index in [9.17, 15) is 13.2 Å². The maximum absolute atomic E-state index is 12.5. The van der Waals surface area contributed by atoms with Crippen LogP contribution in [-0.2, 0) is 16.6 Å². The van der Waals surface area contributed by atoms with E-state index in [1.807, 2.05) is 24.3 Å². The largest absolute Gasteiger partial charge is 0.340 e. The molecular formula is C17H18N4O3S. The summed E-state index contributed by atoms with van der Waals surface area (Å²) in [5.41, 5.74) is 2.17. The van der Waals surface area contributed by atoms with Crippen molar-refractivity contribution in [3.63, 3.8) is 0 Å². The van der Waals surface area contributed by atoms with Crippen LogP contribution in [0.2, 0.25) is 0 Å². The molecule has 0 saturated heterocycles. The predicted molar refractivity (Wildman–Crippen MR) is 94.6 cm³/mol. The van der Waals surface area contributed by atoms with E-state index in [0.29, 0.717) is 17.9 Å². The van der Waals surface area contributed by atoms with Crippen molar-refractivity contribution in [2.45, 2.75) is 11.4 Å². The number of sulfonamides is 1. The Kier molecular flexibility index (Phi) is 4.56. The normalized spacial score (nSPS) is 11.6. The minimum Gasteiger partial charge on any atom is -0.340 e. The Balaban J connectivity index is 1.75. The standard InChI is InChI=1S/C17H18N4O3S/c1-18-25(23,24)13-9-7-12(8-10-13)17(22)21(2)11-16-19-14-5-3-4-6-15(14)20-16/h3-10,18H,11H2,1-2H3,(H,19,20). The summed E-state index contributed by atoms with van der Waals surface area (Å²) >= 11 is 0. The molecule has 130 valence electrons. The minimum atomic E-state index is -3.51. The Morgan fingerprint density at radius 1 is 1.16 bits per heavy atom. The average molecular weight is 358 g/mol. The van der Waals surface area contributed by atoms with Gasteiger partial charge in [-0.2, -0.15) is 0 Å². The fourth-order valence-electron chi connectivity index (χ4n) is 2.49. The fourth-order valence-corrected chi connectivity index (χ4v) is 3.22. The highest BCUT2D eigenvalue weighted by Crippen LogP contribution is 2.14. The highest BCUT2D eigenvalue weighted by Gasteiger charge is 2.16. The number of H-pyrrole nitrogens is 1. The van der Waals surface area contributed by atoms with E-state index >= 15 is 0 Å². The lowest BCUT2D eigenvalue weighted by Gasteiger charge is -2.16. The Morgan fingerprint density at radius 3 is 2.48 bits per heavy atom. The molecule has 3 rings (SSSR count). The first-order valence-corrected chi connectivity index (χ1v) is 9.12. The van der Waals surface area contributed by atoms with Gasteiger partial charge >= 0.3 is 0 Å². The molecule has 0 unspecified atom stereocenters. The van der Waals surface area contributed by atoms with Crippen molar-refractivity contribution < 1.29 is 13.2 Å². The van der Waals surface area contributed by atoms with E-state index in [-0.39, 0.29) is 10.8 Å². The van der Waals surface area contributed by atoms with E-state index in [1.165, 1.54) is 36.2 Å². The highest BCUT2D eigenvalue weighted by molar-refractivity contribution is 7.89. The molecule has 25 heavy (non-hydrogen) atoms. The van der Waals surface area contributed by atoms with Gasteiger partial charge in [-0.3, -0.25) is 4.79 Å². The van der Waals surface area contributed by atoms with Gasteiger partial charge in [0.25, 0.3) is 5.91 Å². The third-order valence-electron chi connectivity index (χ3n) is 3.85. The number of carbonyl (C=O) groups is 1. The number of nitrogens with one attached hydrogen (secondary N) is 2. The van der Waals surface area contributed by atoms with Crippen LogP contribution in [0.1, 0.15) is 16.2 Å². The lowest BCUT2D eigenvalue weighted by atomic mass is 10.2. The molecule has 0 aliphatic heterocycles. The number of para-hydroxylation sites is 2. The van der Waals surface area contributed by atoms with Crippen LogP contribution in [0, 0.1) is 0 Å². The van der Waals surface area contributed by atoms with E-state index in [1.54, 1.807) is 7.05 Å². The third kappa shape index (κ3) is 3.54. The molecule has 2 aromatic carbocycles. The Hall–Kier alpha value is -2.71. The molecule has 1 aromatic heterocycles. The molecule has 1 amide bonds. The van der Waals surface area contributed by atoms with Crippen LogP contribution in [0.5, 0.6) is 0 Å². The number of aromatic nitrogens is 2. The first-order chi connectivity index (χ1) is 11.9. The first-order valence-electron chi connectivity index (χ1n) is 7.63. The van der Waals surface area contributed by atoms with Crippen LogP contribution >= 0.6 is 0 Å². The summed E-state index contributed by atoms with van der Waals surface area (Å²) in [6.07, 6.45) is 0. The van der Waals surface area contributed by atoms with Gasteiger partial charge in [0.1, 0.15) is 5.82 Å². The molecule has 0 aliphatic rings. The molecule has 0 spiro atoms. The number of aromatic amines is 1. The average Bonchev–Trinajstić information content (AvgIpc) is 3.03. The van der Waals surface area contributed by atoms with Crippen LogP contribution in [0.3, 0.4) is 0 Å². The second-order valence-electron chi connectivity index (χ2n) is 5.59. The van der Waals surface area contributed by atoms with Gasteiger partial charge in [-0.25, -0.2) is 18.1 Å². The number of hydrogen-bond donors (Lipinski definition) is 2. The van der Waals surface area contributed by atoms with Crippen LogP contribution in [-0.4, -0.2) is 43.3 Å². The van der Waals surface area contributed by atoms with E-state index in [4.69, 9.17) is 0 Å². The molecule has 3 aromatic rings. The second-order valence-corrected chi connectivity index (χ2v) is 7.48. The summed E-state index contributed by atoms with van der Waals surface area (Å²) in [7, 11) is -0.497. The molecule has 0 radical (unpaired) electrons. The number of hydrogen-bond acceptors (Lipinski definition) is 4. The Morgan fingerprint density at radius 2 is 1.84 bits per heavy atom. The molecular weight excluding hydrogens is 340 g/mol. The number of rotatable bonds is 5. The Labute approximate surface area is 145 Å². The topological polar surface area (TPSA) is 95.2 Å². The van der Waals surface area contributed by atoms with Gasteiger partial charge < -0.3 is 9.88 Å². The molecule has 0 bridgehead atoms. The summed E-state index contributed by atoms with van der Waals surface area (Å²) in [5, 5.41) is 0. The number of benzene rings is 2. The molecule has 0 atom stereocenters. The zero-order valence-corrected chi connectivity index (χ0v) is 14.7. The molecule has 0 aliphatic carbocycles. The maximum atomic E-state index is 12.5. The van der Waals surface area contributed by atoms with Gasteiger partial charge in [-0.15, -0.1) is 0 Å². The van der Waals surface area contributed by atoms with Gasteiger partial charge in [0.15, 0.2) is 0 Å². The predicted octanol–water partition coefficient (Wildman–Crippen LogP) is 1.74. The second kappa shape index (κ2) is 6.66. The molecule has 8 heteroatoms. The summed E-state index contributed by atoms with van der Waals surface area (Å²) in [6.45, 7) is 0.323. The molecule has 7 nitrogen and oxygen atoms in total. The highest BCUT2D eigenvalue weighted by atomic mass is 32.2. The van der Waals surface area contributed by atoms with Gasteiger partial charge in [0.05, 0.1) is 22.5 Å². The minimum absolute atomic E-state index is 0.117. The quantitative estimate of drug-likeness (QED) is 0.726. The van der Waals surface area contributed by atoms with Crippen molar-refractivity contribution >= 4 is 27.0 Å². The zero-order valence-electron chi connectivity index (χ0n) is 13.9.